The number of aryl methyl sites for hydroxylation is 1. The van der Waals surface area contributed by atoms with Crippen molar-refractivity contribution in [3.8, 4) is 17.5 Å². The van der Waals surface area contributed by atoms with E-state index in [4.69, 9.17) is 5.26 Å². The maximum atomic E-state index is 8.60. The maximum absolute atomic E-state index is 8.60. The molecule has 1 N–H and O–H groups in total. The van der Waals surface area contributed by atoms with E-state index in [9.17, 15) is 0 Å². The largest absolute Gasteiger partial charge is 0.361 e. The van der Waals surface area contributed by atoms with Gasteiger partial charge in [-0.2, -0.15) is 5.26 Å². The molecule has 18 heavy (non-hydrogen) atoms. The molecule has 2 heterocycles. The van der Waals surface area contributed by atoms with Crippen LogP contribution in [0.4, 0.5) is 0 Å². The molecule has 88 valence electrons. The molecule has 0 spiro atoms. The van der Waals surface area contributed by atoms with Crippen LogP contribution in [0.5, 0.6) is 0 Å². The summed E-state index contributed by atoms with van der Waals surface area (Å²) in [6.45, 7) is 0.502. The van der Waals surface area contributed by atoms with Crippen molar-refractivity contribution in [2.24, 2.45) is 0 Å². The Hall–Kier alpha value is -2.68. The molecule has 3 rings (SSSR count). The van der Waals surface area contributed by atoms with Crippen LogP contribution >= 0.6 is 0 Å². The van der Waals surface area contributed by atoms with E-state index in [0.29, 0.717) is 18.8 Å². The van der Waals surface area contributed by atoms with E-state index in [1.54, 1.807) is 4.68 Å². The summed E-state index contributed by atoms with van der Waals surface area (Å²) in [6, 6.07) is 10.1. The maximum Gasteiger partial charge on any atom is 0.182 e. The zero-order valence-electron chi connectivity index (χ0n) is 9.54. The number of aromatic amines is 1. The third kappa shape index (κ3) is 1.72. The molecule has 0 radical (unpaired) electrons. The summed E-state index contributed by atoms with van der Waals surface area (Å²) in [6.07, 6.45) is 2.29. The predicted octanol–water partition coefficient (Wildman–Crippen LogP) is 1.74. The van der Waals surface area contributed by atoms with E-state index in [1.165, 1.54) is 0 Å². The lowest BCUT2D eigenvalue weighted by atomic mass is 10.1. The molecule has 0 aliphatic rings. The molecule has 0 bridgehead atoms. The molecule has 0 aliphatic heterocycles. The van der Waals surface area contributed by atoms with E-state index < -0.39 is 0 Å². The van der Waals surface area contributed by atoms with Gasteiger partial charge in [-0.05, 0) is 27.9 Å². The first-order valence-corrected chi connectivity index (χ1v) is 5.59. The van der Waals surface area contributed by atoms with Gasteiger partial charge in [0.25, 0.3) is 0 Å². The Kier molecular flexibility index (Phi) is 2.50. The van der Waals surface area contributed by atoms with Gasteiger partial charge < -0.3 is 4.98 Å². The molecule has 0 atom stereocenters. The highest BCUT2D eigenvalue weighted by Crippen LogP contribution is 2.21. The number of hydrogen-bond acceptors (Lipinski definition) is 4. The van der Waals surface area contributed by atoms with Gasteiger partial charge in [0.1, 0.15) is 0 Å². The highest BCUT2D eigenvalue weighted by Gasteiger charge is 2.09. The monoisotopic (exact) mass is 238 g/mol. The van der Waals surface area contributed by atoms with Gasteiger partial charge in [-0.25, -0.2) is 4.68 Å². The SMILES string of the molecule is N#CCCn1nnnc1-c1ccc2cc[nH]c2c1. The van der Waals surface area contributed by atoms with Gasteiger partial charge in [0.2, 0.25) is 0 Å². The highest BCUT2D eigenvalue weighted by atomic mass is 15.5. The predicted molar refractivity (Wildman–Crippen MR) is 65.3 cm³/mol. The van der Waals surface area contributed by atoms with Crippen molar-refractivity contribution in [2.45, 2.75) is 13.0 Å². The number of nitriles is 1. The Morgan fingerprint density at radius 2 is 2.28 bits per heavy atom. The van der Waals surface area contributed by atoms with Crippen molar-refractivity contribution in [1.82, 2.24) is 25.2 Å². The fourth-order valence-electron chi connectivity index (χ4n) is 1.90. The van der Waals surface area contributed by atoms with Crippen molar-refractivity contribution in [1.29, 1.82) is 5.26 Å². The van der Waals surface area contributed by atoms with Crippen molar-refractivity contribution in [3.63, 3.8) is 0 Å². The molecule has 3 aromatic rings. The van der Waals surface area contributed by atoms with Crippen LogP contribution in [0, 0.1) is 11.3 Å². The molecule has 6 nitrogen and oxygen atoms in total. The zero-order chi connectivity index (χ0) is 12.4. The number of hydrogen-bond donors (Lipinski definition) is 1. The summed E-state index contributed by atoms with van der Waals surface area (Å²) < 4.78 is 1.65. The Bertz CT molecular complexity index is 717. The number of aromatic nitrogens is 5. The summed E-state index contributed by atoms with van der Waals surface area (Å²) in [5.41, 5.74) is 1.98. The average Bonchev–Trinajstić information content (AvgIpc) is 3.03. The van der Waals surface area contributed by atoms with Crippen LogP contribution in [-0.2, 0) is 6.54 Å². The second kappa shape index (κ2) is 4.30. The van der Waals surface area contributed by atoms with E-state index in [2.05, 4.69) is 26.6 Å². The van der Waals surface area contributed by atoms with Gasteiger partial charge in [-0.1, -0.05) is 12.1 Å². The first kappa shape index (κ1) is 10.5. The van der Waals surface area contributed by atoms with Crippen molar-refractivity contribution >= 4 is 10.9 Å². The third-order valence-corrected chi connectivity index (χ3v) is 2.78. The number of nitrogens with zero attached hydrogens (tertiary/aromatic N) is 5. The van der Waals surface area contributed by atoms with Crippen LogP contribution in [0.1, 0.15) is 6.42 Å². The first-order chi connectivity index (χ1) is 8.88. The number of benzene rings is 1. The number of H-pyrrole nitrogens is 1. The standard InChI is InChI=1S/C12H10N6/c13-5-1-7-18-12(15-16-17-18)10-3-2-9-4-6-14-11(9)8-10/h2-4,6,8,14H,1,7H2. The van der Waals surface area contributed by atoms with Crippen LogP contribution in [0.2, 0.25) is 0 Å². The normalized spacial score (nSPS) is 10.6. The smallest absolute Gasteiger partial charge is 0.182 e. The van der Waals surface area contributed by atoms with E-state index >= 15 is 0 Å². The molecule has 1 aromatic carbocycles. The Morgan fingerprint density at radius 3 is 3.17 bits per heavy atom. The second-order valence-electron chi connectivity index (χ2n) is 3.91. The van der Waals surface area contributed by atoms with Crippen molar-refractivity contribution in [2.75, 3.05) is 0 Å². The quantitative estimate of drug-likeness (QED) is 0.753. The fraction of sp³-hybridized carbons (Fsp3) is 0.167. The van der Waals surface area contributed by atoms with Gasteiger partial charge in [0.15, 0.2) is 5.82 Å². The molecule has 2 aromatic heterocycles. The molecule has 0 amide bonds. The Balaban J connectivity index is 2.03. The van der Waals surface area contributed by atoms with Gasteiger partial charge in [0, 0.05) is 17.3 Å². The molecule has 0 unspecified atom stereocenters. The molecular formula is C12H10N6. The molecular weight excluding hydrogens is 228 g/mol. The summed E-state index contributed by atoms with van der Waals surface area (Å²) in [4.78, 5) is 3.15. The van der Waals surface area contributed by atoms with Crippen LogP contribution in [-0.4, -0.2) is 25.2 Å². The Morgan fingerprint density at radius 1 is 1.33 bits per heavy atom. The number of rotatable bonds is 3. The number of nitrogens with one attached hydrogen (secondary N) is 1. The van der Waals surface area contributed by atoms with Crippen molar-refractivity contribution < 1.29 is 0 Å². The first-order valence-electron chi connectivity index (χ1n) is 5.59. The van der Waals surface area contributed by atoms with Gasteiger partial charge in [0.05, 0.1) is 19.0 Å². The van der Waals surface area contributed by atoms with Crippen molar-refractivity contribution in [3.05, 3.63) is 30.5 Å². The molecule has 0 aliphatic carbocycles. The average molecular weight is 238 g/mol. The summed E-state index contributed by atoms with van der Waals surface area (Å²) in [7, 11) is 0. The number of fused-ring (bicyclic) bond motifs is 1. The molecule has 0 saturated carbocycles. The lowest BCUT2D eigenvalue weighted by Crippen LogP contribution is -2.02. The van der Waals surface area contributed by atoms with Crippen LogP contribution in [0.25, 0.3) is 22.3 Å². The number of tetrazole rings is 1. The lowest BCUT2D eigenvalue weighted by Gasteiger charge is -2.02. The van der Waals surface area contributed by atoms with E-state index in [0.717, 1.165) is 16.5 Å². The second-order valence-corrected chi connectivity index (χ2v) is 3.91. The van der Waals surface area contributed by atoms with E-state index in [1.807, 2.05) is 30.5 Å². The third-order valence-electron chi connectivity index (χ3n) is 2.78. The lowest BCUT2D eigenvalue weighted by molar-refractivity contribution is 0.604. The zero-order valence-corrected chi connectivity index (χ0v) is 9.54. The van der Waals surface area contributed by atoms with Gasteiger partial charge in [-0.15, -0.1) is 5.10 Å². The molecule has 6 heteroatoms. The fourth-order valence-corrected chi connectivity index (χ4v) is 1.90. The van der Waals surface area contributed by atoms with Gasteiger partial charge >= 0.3 is 0 Å². The topological polar surface area (TPSA) is 83.2 Å². The summed E-state index contributed by atoms with van der Waals surface area (Å²) in [5.74, 6) is 0.682. The highest BCUT2D eigenvalue weighted by molar-refractivity contribution is 5.83. The van der Waals surface area contributed by atoms with E-state index in [-0.39, 0.29) is 0 Å². The summed E-state index contributed by atoms with van der Waals surface area (Å²) >= 11 is 0. The van der Waals surface area contributed by atoms with Crippen LogP contribution < -0.4 is 0 Å². The minimum Gasteiger partial charge on any atom is -0.361 e. The molecule has 0 fully saturated rings. The minimum absolute atomic E-state index is 0.392. The minimum atomic E-state index is 0.392. The summed E-state index contributed by atoms with van der Waals surface area (Å²) in [5, 5.41) is 21.3. The Labute approximate surface area is 103 Å². The van der Waals surface area contributed by atoms with Crippen LogP contribution in [0.3, 0.4) is 0 Å². The van der Waals surface area contributed by atoms with Crippen LogP contribution in [0.15, 0.2) is 30.5 Å². The van der Waals surface area contributed by atoms with Gasteiger partial charge in [-0.3, -0.25) is 0 Å². The molecule has 0 saturated heterocycles.